The van der Waals surface area contributed by atoms with Crippen molar-refractivity contribution in [2.75, 3.05) is 6.61 Å². The molecule has 24 heavy (non-hydrogen) atoms. The van der Waals surface area contributed by atoms with Crippen LogP contribution in [0.5, 0.6) is 5.75 Å². The molecule has 0 unspecified atom stereocenters. The molecule has 4 nitrogen and oxygen atoms in total. The summed E-state index contributed by atoms with van der Waals surface area (Å²) in [6.07, 6.45) is 1.74. The highest BCUT2D eigenvalue weighted by atomic mass is 35.5. The van der Waals surface area contributed by atoms with Gasteiger partial charge in [0.15, 0.2) is 0 Å². The second kappa shape index (κ2) is 6.77. The summed E-state index contributed by atoms with van der Waals surface area (Å²) in [6, 6.07) is 13.5. The summed E-state index contributed by atoms with van der Waals surface area (Å²) in [5.74, 6) is 1.21. The Balaban J connectivity index is 2.09. The summed E-state index contributed by atoms with van der Waals surface area (Å²) < 4.78 is 5.60. The molecule has 2 aromatic carbocycles. The van der Waals surface area contributed by atoms with Gasteiger partial charge in [0.1, 0.15) is 17.6 Å². The van der Waals surface area contributed by atoms with Crippen LogP contribution in [0, 0.1) is 18.3 Å². The lowest BCUT2D eigenvalue weighted by Crippen LogP contribution is -1.94. The van der Waals surface area contributed by atoms with Crippen molar-refractivity contribution in [1.82, 2.24) is 9.97 Å². The minimum atomic E-state index is 0.423. The molecule has 0 aliphatic heterocycles. The summed E-state index contributed by atoms with van der Waals surface area (Å²) in [5, 5.41) is 10.1. The first-order chi connectivity index (χ1) is 11.6. The van der Waals surface area contributed by atoms with Crippen molar-refractivity contribution < 1.29 is 4.74 Å². The van der Waals surface area contributed by atoms with Gasteiger partial charge in [-0.2, -0.15) is 5.26 Å². The number of allylic oxidation sites excluding steroid dienone is 1. The van der Waals surface area contributed by atoms with Crippen LogP contribution in [0.3, 0.4) is 0 Å². The minimum absolute atomic E-state index is 0.423. The monoisotopic (exact) mass is 337 g/mol. The van der Waals surface area contributed by atoms with E-state index >= 15 is 0 Å². The molecule has 1 heterocycles. The van der Waals surface area contributed by atoms with Gasteiger partial charge in [-0.15, -0.1) is 0 Å². The van der Waals surface area contributed by atoms with Crippen molar-refractivity contribution in [3.63, 3.8) is 0 Å². The second-order valence-corrected chi connectivity index (χ2v) is 5.83. The molecule has 0 fully saturated rings. The molecule has 1 N–H and O–H groups in total. The van der Waals surface area contributed by atoms with E-state index in [0.717, 1.165) is 22.2 Å². The molecule has 0 aliphatic carbocycles. The molecule has 0 bridgehead atoms. The number of halogens is 1. The Bertz CT molecular complexity index is 966. The second-order valence-electron chi connectivity index (χ2n) is 5.39. The van der Waals surface area contributed by atoms with E-state index in [1.807, 2.05) is 32.0 Å². The van der Waals surface area contributed by atoms with Gasteiger partial charge in [-0.05, 0) is 55.8 Å². The number of aromatic amines is 1. The lowest BCUT2D eigenvalue weighted by Gasteiger charge is -2.07. The van der Waals surface area contributed by atoms with E-state index in [-0.39, 0.29) is 0 Å². The molecule has 0 atom stereocenters. The van der Waals surface area contributed by atoms with Crippen molar-refractivity contribution >= 4 is 34.3 Å². The fraction of sp³-hybridized carbons (Fsp3) is 0.158. The zero-order valence-electron chi connectivity index (χ0n) is 13.4. The van der Waals surface area contributed by atoms with Crippen LogP contribution < -0.4 is 4.74 Å². The van der Waals surface area contributed by atoms with Crippen molar-refractivity contribution in [3.05, 3.63) is 58.4 Å². The maximum absolute atomic E-state index is 9.56. The number of nitriles is 1. The molecular weight excluding hydrogens is 322 g/mol. The topological polar surface area (TPSA) is 61.7 Å². The Kier molecular flexibility index (Phi) is 4.54. The van der Waals surface area contributed by atoms with Crippen LogP contribution in [0.4, 0.5) is 0 Å². The van der Waals surface area contributed by atoms with Gasteiger partial charge in [0.2, 0.25) is 0 Å². The molecule has 0 saturated carbocycles. The molecule has 3 rings (SSSR count). The fourth-order valence-electron chi connectivity index (χ4n) is 2.48. The Morgan fingerprint density at radius 2 is 2.17 bits per heavy atom. The average molecular weight is 338 g/mol. The Morgan fingerprint density at radius 3 is 2.92 bits per heavy atom. The fourth-order valence-corrected chi connectivity index (χ4v) is 2.66. The van der Waals surface area contributed by atoms with Gasteiger partial charge in [0.05, 0.1) is 23.2 Å². The third-order valence-corrected chi connectivity index (χ3v) is 3.82. The smallest absolute Gasteiger partial charge is 0.149 e. The van der Waals surface area contributed by atoms with Gasteiger partial charge < -0.3 is 9.72 Å². The zero-order chi connectivity index (χ0) is 17.1. The Hall–Kier alpha value is -2.77. The van der Waals surface area contributed by atoms with Gasteiger partial charge in [0, 0.05) is 10.6 Å². The number of hydrogen-bond acceptors (Lipinski definition) is 3. The standard InChI is InChI=1S/C19H16ClN3O/c1-3-24-18-7-5-15(20)10-13(18)9-14(11-21)19-22-16-6-4-12(2)8-17(16)23-19/h4-10H,3H2,1-2H3,(H,22,23). The van der Waals surface area contributed by atoms with E-state index in [4.69, 9.17) is 16.3 Å². The van der Waals surface area contributed by atoms with Crippen LogP contribution in [0.25, 0.3) is 22.7 Å². The predicted octanol–water partition coefficient (Wildman–Crippen LogP) is 4.99. The van der Waals surface area contributed by atoms with Crippen molar-refractivity contribution in [3.8, 4) is 11.8 Å². The molecule has 1 aromatic heterocycles. The maximum Gasteiger partial charge on any atom is 0.149 e. The number of nitrogens with one attached hydrogen (secondary N) is 1. The van der Waals surface area contributed by atoms with Crippen LogP contribution in [0.1, 0.15) is 23.9 Å². The Labute approximate surface area is 145 Å². The van der Waals surface area contributed by atoms with Crippen molar-refractivity contribution in [2.24, 2.45) is 0 Å². The van der Waals surface area contributed by atoms with E-state index in [0.29, 0.717) is 28.8 Å². The number of benzene rings is 2. The Morgan fingerprint density at radius 1 is 1.33 bits per heavy atom. The quantitative estimate of drug-likeness (QED) is 0.682. The minimum Gasteiger partial charge on any atom is -0.493 e. The van der Waals surface area contributed by atoms with E-state index in [2.05, 4.69) is 16.0 Å². The van der Waals surface area contributed by atoms with Gasteiger partial charge >= 0.3 is 0 Å². The highest BCUT2D eigenvalue weighted by molar-refractivity contribution is 6.30. The largest absolute Gasteiger partial charge is 0.493 e. The highest BCUT2D eigenvalue weighted by Crippen LogP contribution is 2.27. The van der Waals surface area contributed by atoms with Crippen LogP contribution in [0.15, 0.2) is 36.4 Å². The van der Waals surface area contributed by atoms with Crippen LogP contribution in [-0.2, 0) is 0 Å². The molecule has 0 aliphatic rings. The normalized spacial score (nSPS) is 11.5. The van der Waals surface area contributed by atoms with Gasteiger partial charge in [-0.25, -0.2) is 4.98 Å². The molecule has 5 heteroatoms. The third kappa shape index (κ3) is 3.27. The van der Waals surface area contributed by atoms with Crippen molar-refractivity contribution in [1.29, 1.82) is 5.26 Å². The summed E-state index contributed by atoms with van der Waals surface area (Å²) in [5.41, 5.74) is 4.04. The highest BCUT2D eigenvalue weighted by Gasteiger charge is 2.10. The molecule has 0 amide bonds. The molecule has 120 valence electrons. The summed E-state index contributed by atoms with van der Waals surface area (Å²) in [4.78, 5) is 7.70. The van der Waals surface area contributed by atoms with Gasteiger partial charge in [0.25, 0.3) is 0 Å². The number of imidazole rings is 1. The maximum atomic E-state index is 9.56. The van der Waals surface area contributed by atoms with E-state index in [1.54, 1.807) is 24.3 Å². The summed E-state index contributed by atoms with van der Waals surface area (Å²) >= 11 is 6.08. The lowest BCUT2D eigenvalue weighted by atomic mass is 10.1. The first kappa shape index (κ1) is 16.1. The van der Waals surface area contributed by atoms with E-state index in [9.17, 15) is 5.26 Å². The molecule has 3 aromatic rings. The molecule has 0 radical (unpaired) electrons. The van der Waals surface area contributed by atoms with Gasteiger partial charge in [-0.3, -0.25) is 0 Å². The first-order valence-electron chi connectivity index (χ1n) is 7.61. The molecule has 0 saturated heterocycles. The first-order valence-corrected chi connectivity index (χ1v) is 7.99. The number of fused-ring (bicyclic) bond motifs is 1. The van der Waals surface area contributed by atoms with Crippen LogP contribution in [-0.4, -0.2) is 16.6 Å². The molecular formula is C19H16ClN3O. The van der Waals surface area contributed by atoms with Gasteiger partial charge in [-0.1, -0.05) is 17.7 Å². The third-order valence-electron chi connectivity index (χ3n) is 3.58. The summed E-state index contributed by atoms with van der Waals surface area (Å²) in [7, 11) is 0. The number of hydrogen-bond donors (Lipinski definition) is 1. The predicted molar refractivity (Wildman–Crippen MR) is 96.9 cm³/mol. The average Bonchev–Trinajstić information content (AvgIpc) is 2.97. The number of aromatic nitrogens is 2. The lowest BCUT2D eigenvalue weighted by molar-refractivity contribution is 0.339. The number of H-pyrrole nitrogens is 1. The number of aryl methyl sites for hydroxylation is 1. The van der Waals surface area contributed by atoms with E-state index < -0.39 is 0 Å². The van der Waals surface area contributed by atoms with Crippen molar-refractivity contribution in [2.45, 2.75) is 13.8 Å². The number of nitrogens with zero attached hydrogens (tertiary/aromatic N) is 2. The van der Waals surface area contributed by atoms with Crippen LogP contribution in [0.2, 0.25) is 5.02 Å². The zero-order valence-corrected chi connectivity index (χ0v) is 14.2. The number of rotatable bonds is 4. The SMILES string of the molecule is CCOc1ccc(Cl)cc1C=C(C#N)c1nc2ccc(C)cc2[nH]1. The number of ether oxygens (including phenoxy) is 1. The van der Waals surface area contributed by atoms with E-state index in [1.165, 1.54) is 0 Å². The molecule has 0 spiro atoms. The van der Waals surface area contributed by atoms with Crippen LogP contribution >= 0.6 is 11.6 Å². The summed E-state index contributed by atoms with van der Waals surface area (Å²) in [6.45, 7) is 4.46.